The molecule has 4 nitrogen and oxygen atoms in total. The number of ether oxygens (including phenoxy) is 1. The predicted octanol–water partition coefficient (Wildman–Crippen LogP) is 2.16. The summed E-state index contributed by atoms with van der Waals surface area (Å²) in [4.78, 5) is 0. The summed E-state index contributed by atoms with van der Waals surface area (Å²) in [5.41, 5.74) is 6.25. The Balaban J connectivity index is 2.48. The molecule has 3 N–H and O–H groups in total. The van der Waals surface area contributed by atoms with Crippen LogP contribution in [0.25, 0.3) is 0 Å². The first-order valence-corrected chi connectivity index (χ1v) is 4.86. The average Bonchev–Trinajstić information content (AvgIpc) is 2.23. The van der Waals surface area contributed by atoms with Crippen molar-refractivity contribution in [2.24, 2.45) is 10.9 Å². The van der Waals surface area contributed by atoms with E-state index < -0.39 is 0 Å². The minimum absolute atomic E-state index is 0.153. The number of hydrogen-bond donors (Lipinski definition) is 2. The number of rotatable bonds is 4. The number of oxime groups is 1. The molecule has 0 atom stereocenters. The Bertz CT molecular complexity index is 366. The monoisotopic (exact) mass is 228 g/mol. The van der Waals surface area contributed by atoms with Gasteiger partial charge in [-0.25, -0.2) is 0 Å². The smallest absolute Gasteiger partial charge is 0.142 e. The Hall–Kier alpha value is -1.42. The second-order valence-corrected chi connectivity index (χ2v) is 3.51. The van der Waals surface area contributed by atoms with Crippen LogP contribution >= 0.6 is 11.6 Å². The third-order valence-corrected chi connectivity index (χ3v) is 2.31. The Morgan fingerprint density at radius 1 is 1.60 bits per heavy atom. The van der Waals surface area contributed by atoms with E-state index in [4.69, 9.17) is 27.3 Å². The number of amidine groups is 1. The summed E-state index contributed by atoms with van der Waals surface area (Å²) < 4.78 is 5.38. The van der Waals surface area contributed by atoms with Gasteiger partial charge in [-0.3, -0.25) is 0 Å². The highest BCUT2D eigenvalue weighted by molar-refractivity contribution is 6.31. The third-order valence-electron chi connectivity index (χ3n) is 1.88. The van der Waals surface area contributed by atoms with Gasteiger partial charge in [0.25, 0.3) is 0 Å². The third kappa shape index (κ3) is 3.67. The number of halogens is 1. The molecule has 0 radical (unpaired) electrons. The molecule has 1 aromatic carbocycles. The van der Waals surface area contributed by atoms with E-state index in [1.807, 2.05) is 13.0 Å². The number of aryl methyl sites for hydroxylation is 1. The van der Waals surface area contributed by atoms with Crippen LogP contribution < -0.4 is 10.5 Å². The van der Waals surface area contributed by atoms with Gasteiger partial charge < -0.3 is 15.7 Å². The van der Waals surface area contributed by atoms with E-state index in [0.29, 0.717) is 18.1 Å². The second-order valence-electron chi connectivity index (χ2n) is 3.10. The lowest BCUT2D eigenvalue weighted by Gasteiger charge is -2.06. The van der Waals surface area contributed by atoms with Crippen LogP contribution in [-0.2, 0) is 0 Å². The number of hydrogen-bond acceptors (Lipinski definition) is 3. The fourth-order valence-corrected chi connectivity index (χ4v) is 1.15. The second kappa shape index (κ2) is 5.46. The van der Waals surface area contributed by atoms with E-state index in [9.17, 15) is 0 Å². The van der Waals surface area contributed by atoms with Gasteiger partial charge in [0.15, 0.2) is 0 Å². The normalized spacial score (nSPS) is 11.5. The molecule has 1 aromatic rings. The molecule has 0 bridgehead atoms. The molecule has 0 fully saturated rings. The number of nitrogens with zero attached hydrogens (tertiary/aromatic N) is 1. The first-order chi connectivity index (χ1) is 7.13. The summed E-state index contributed by atoms with van der Waals surface area (Å²) in [5.74, 6) is 0.878. The number of benzene rings is 1. The van der Waals surface area contributed by atoms with Gasteiger partial charge in [-0.15, -0.1) is 0 Å². The SMILES string of the molecule is Cc1cc(OCC/C(N)=N/O)ccc1Cl. The summed E-state index contributed by atoms with van der Waals surface area (Å²) >= 11 is 5.86. The van der Waals surface area contributed by atoms with Crippen molar-refractivity contribution in [2.45, 2.75) is 13.3 Å². The van der Waals surface area contributed by atoms with Gasteiger partial charge in [0.05, 0.1) is 6.61 Å². The molecular weight excluding hydrogens is 216 g/mol. The first-order valence-electron chi connectivity index (χ1n) is 4.49. The Morgan fingerprint density at radius 2 is 2.33 bits per heavy atom. The molecule has 0 aliphatic carbocycles. The molecule has 1 rings (SSSR count). The minimum Gasteiger partial charge on any atom is -0.493 e. The summed E-state index contributed by atoms with van der Waals surface area (Å²) in [5, 5.41) is 11.9. The topological polar surface area (TPSA) is 67.8 Å². The van der Waals surface area contributed by atoms with Crippen molar-refractivity contribution in [1.29, 1.82) is 0 Å². The van der Waals surface area contributed by atoms with Crippen molar-refractivity contribution >= 4 is 17.4 Å². The average molecular weight is 229 g/mol. The molecule has 0 unspecified atom stereocenters. The lowest BCUT2D eigenvalue weighted by Crippen LogP contribution is -2.15. The van der Waals surface area contributed by atoms with E-state index in [-0.39, 0.29) is 5.84 Å². The lowest BCUT2D eigenvalue weighted by molar-refractivity contribution is 0.305. The molecular formula is C10H13ClN2O2. The highest BCUT2D eigenvalue weighted by Crippen LogP contribution is 2.20. The molecule has 82 valence electrons. The van der Waals surface area contributed by atoms with Crippen LogP contribution in [0.5, 0.6) is 5.75 Å². The zero-order chi connectivity index (χ0) is 11.3. The van der Waals surface area contributed by atoms with Gasteiger partial charge in [0, 0.05) is 11.4 Å². The summed E-state index contributed by atoms with van der Waals surface area (Å²) in [6, 6.07) is 5.39. The van der Waals surface area contributed by atoms with Crippen LogP contribution in [0.15, 0.2) is 23.4 Å². The fourth-order valence-electron chi connectivity index (χ4n) is 1.03. The van der Waals surface area contributed by atoms with Gasteiger partial charge >= 0.3 is 0 Å². The van der Waals surface area contributed by atoms with E-state index in [1.165, 1.54) is 0 Å². The Labute approximate surface area is 93.3 Å². The largest absolute Gasteiger partial charge is 0.493 e. The van der Waals surface area contributed by atoms with E-state index >= 15 is 0 Å². The van der Waals surface area contributed by atoms with E-state index in [2.05, 4.69) is 5.16 Å². The molecule has 5 heteroatoms. The van der Waals surface area contributed by atoms with Gasteiger partial charge in [-0.1, -0.05) is 16.8 Å². The summed E-state index contributed by atoms with van der Waals surface area (Å²) in [6.45, 7) is 2.27. The molecule has 0 amide bonds. The maximum atomic E-state index is 8.30. The molecule has 15 heavy (non-hydrogen) atoms. The number of nitrogens with two attached hydrogens (primary N) is 1. The van der Waals surface area contributed by atoms with Crippen LogP contribution in [0, 0.1) is 6.92 Å². The van der Waals surface area contributed by atoms with Gasteiger partial charge in [-0.05, 0) is 30.7 Å². The molecule has 0 spiro atoms. The highest BCUT2D eigenvalue weighted by atomic mass is 35.5. The maximum absolute atomic E-state index is 8.30. The van der Waals surface area contributed by atoms with Crippen LogP contribution in [0.4, 0.5) is 0 Å². The molecule has 0 saturated carbocycles. The molecule has 0 aliphatic rings. The highest BCUT2D eigenvalue weighted by Gasteiger charge is 1.99. The summed E-state index contributed by atoms with van der Waals surface area (Å²) in [7, 11) is 0. The zero-order valence-corrected chi connectivity index (χ0v) is 9.16. The van der Waals surface area contributed by atoms with E-state index in [1.54, 1.807) is 12.1 Å². The quantitative estimate of drug-likeness (QED) is 0.359. The Morgan fingerprint density at radius 3 is 2.93 bits per heavy atom. The first kappa shape index (κ1) is 11.7. The fraction of sp³-hybridized carbons (Fsp3) is 0.300. The molecule has 0 saturated heterocycles. The molecule has 0 aromatic heterocycles. The van der Waals surface area contributed by atoms with Crippen LogP contribution in [0.3, 0.4) is 0 Å². The van der Waals surface area contributed by atoms with Gasteiger partial charge in [0.1, 0.15) is 11.6 Å². The summed E-state index contributed by atoms with van der Waals surface area (Å²) in [6.07, 6.45) is 0.387. The zero-order valence-electron chi connectivity index (χ0n) is 8.40. The van der Waals surface area contributed by atoms with Crippen LogP contribution in [0.1, 0.15) is 12.0 Å². The van der Waals surface area contributed by atoms with Crippen LogP contribution in [0.2, 0.25) is 5.02 Å². The standard InChI is InChI=1S/C10H13ClN2O2/c1-7-6-8(2-3-9(7)11)15-5-4-10(12)13-14/h2-3,6,14H,4-5H2,1H3,(H2,12,13). The van der Waals surface area contributed by atoms with Gasteiger partial charge in [-0.2, -0.15) is 0 Å². The Kier molecular flexibility index (Phi) is 4.24. The molecule has 0 heterocycles. The van der Waals surface area contributed by atoms with Crippen molar-refractivity contribution in [3.63, 3.8) is 0 Å². The maximum Gasteiger partial charge on any atom is 0.142 e. The minimum atomic E-state index is 0.153. The van der Waals surface area contributed by atoms with Gasteiger partial charge in [0.2, 0.25) is 0 Å². The molecule has 0 aliphatic heterocycles. The van der Waals surface area contributed by atoms with Crippen molar-refractivity contribution in [1.82, 2.24) is 0 Å². The predicted molar refractivity (Wildman–Crippen MR) is 59.7 cm³/mol. The van der Waals surface area contributed by atoms with Crippen molar-refractivity contribution < 1.29 is 9.94 Å². The van der Waals surface area contributed by atoms with Crippen molar-refractivity contribution in [3.05, 3.63) is 28.8 Å². The van der Waals surface area contributed by atoms with Crippen molar-refractivity contribution in [2.75, 3.05) is 6.61 Å². The lowest BCUT2D eigenvalue weighted by atomic mass is 10.2. The van der Waals surface area contributed by atoms with E-state index in [0.717, 1.165) is 11.3 Å². The van der Waals surface area contributed by atoms with Crippen LogP contribution in [-0.4, -0.2) is 17.6 Å². The van der Waals surface area contributed by atoms with Crippen molar-refractivity contribution in [3.8, 4) is 5.75 Å².